The minimum Gasteiger partial charge on any atom is -0.506 e. The van der Waals surface area contributed by atoms with Crippen molar-refractivity contribution in [1.29, 1.82) is 0 Å². The Kier molecular flexibility index (Phi) is 7.49. The van der Waals surface area contributed by atoms with Crippen LogP contribution >= 0.6 is 11.8 Å². The van der Waals surface area contributed by atoms with Crippen LogP contribution in [0, 0.1) is 11.8 Å². The molecule has 0 atom stereocenters. The fourth-order valence-corrected chi connectivity index (χ4v) is 4.18. The molecule has 0 unspecified atom stereocenters. The third-order valence-corrected chi connectivity index (χ3v) is 5.80. The first-order valence-corrected chi connectivity index (χ1v) is 11.3. The van der Waals surface area contributed by atoms with Crippen LogP contribution in [0.15, 0.2) is 106 Å². The van der Waals surface area contributed by atoms with E-state index < -0.39 is 5.97 Å². The summed E-state index contributed by atoms with van der Waals surface area (Å²) in [4.78, 5) is 17.4. The maximum atomic E-state index is 12.4. The molecule has 0 aliphatic carbocycles. The number of aliphatic hydroxyl groups excluding tert-OH is 1. The van der Waals surface area contributed by atoms with Crippen molar-refractivity contribution in [3.8, 4) is 17.6 Å². The van der Waals surface area contributed by atoms with Crippen LogP contribution in [0.5, 0.6) is 5.75 Å². The molecule has 3 aromatic carbocycles. The minimum atomic E-state index is -0.649. The van der Waals surface area contributed by atoms with Crippen LogP contribution < -0.4 is 4.74 Å². The number of ether oxygens (including phenoxy) is 2. The second kappa shape index (κ2) is 11.1. The van der Waals surface area contributed by atoms with E-state index in [4.69, 9.17) is 9.47 Å². The molecule has 0 radical (unpaired) electrons. The predicted octanol–water partition coefficient (Wildman–Crippen LogP) is 5.92. The summed E-state index contributed by atoms with van der Waals surface area (Å²) in [5.74, 6) is 5.85. The van der Waals surface area contributed by atoms with Crippen molar-refractivity contribution in [3.05, 3.63) is 112 Å². The van der Waals surface area contributed by atoms with Gasteiger partial charge in [-0.05, 0) is 36.4 Å². The first-order valence-electron chi connectivity index (χ1n) is 10.5. The van der Waals surface area contributed by atoms with E-state index in [9.17, 15) is 9.90 Å². The number of methoxy groups -OCH3 is 1. The van der Waals surface area contributed by atoms with Crippen molar-refractivity contribution in [2.24, 2.45) is 4.99 Å². The number of hydrogen-bond acceptors (Lipinski definition) is 6. The molecule has 168 valence electrons. The third kappa shape index (κ3) is 5.58. The molecule has 6 heteroatoms. The Bertz CT molecular complexity index is 1330. The Hall–Kier alpha value is -4.21. The van der Waals surface area contributed by atoms with Crippen molar-refractivity contribution in [2.75, 3.05) is 13.7 Å². The van der Waals surface area contributed by atoms with Gasteiger partial charge < -0.3 is 14.6 Å². The molecule has 0 fully saturated rings. The number of para-hydroxylation sites is 2. The van der Waals surface area contributed by atoms with Gasteiger partial charge in [0.1, 0.15) is 28.7 Å². The number of carbonyl (C=O) groups excluding carboxylic acids is 1. The van der Waals surface area contributed by atoms with Crippen molar-refractivity contribution < 1.29 is 19.4 Å². The average molecular weight is 468 g/mol. The van der Waals surface area contributed by atoms with Crippen molar-refractivity contribution in [2.45, 2.75) is 0 Å². The van der Waals surface area contributed by atoms with Gasteiger partial charge in [0, 0.05) is 11.1 Å². The van der Waals surface area contributed by atoms with Crippen LogP contribution in [0.4, 0.5) is 5.69 Å². The number of aliphatic hydroxyl groups is 1. The molecule has 1 aliphatic heterocycles. The van der Waals surface area contributed by atoms with Crippen LogP contribution in [-0.4, -0.2) is 29.8 Å². The first kappa shape index (κ1) is 23.0. The summed E-state index contributed by atoms with van der Waals surface area (Å²) in [5, 5.41) is 11.2. The number of benzene rings is 3. The zero-order chi connectivity index (χ0) is 23.8. The van der Waals surface area contributed by atoms with E-state index in [1.807, 2.05) is 84.9 Å². The Balaban J connectivity index is 1.60. The number of carbonyl (C=O) groups is 1. The summed E-state index contributed by atoms with van der Waals surface area (Å²) in [6.07, 6.45) is 1.76. The number of hydrogen-bond donors (Lipinski definition) is 1. The Labute approximate surface area is 202 Å². The van der Waals surface area contributed by atoms with Gasteiger partial charge in [-0.25, -0.2) is 9.79 Å². The van der Waals surface area contributed by atoms with Crippen molar-refractivity contribution in [3.63, 3.8) is 0 Å². The Morgan fingerprint density at radius 3 is 2.41 bits per heavy atom. The van der Waals surface area contributed by atoms with Gasteiger partial charge in [0.15, 0.2) is 0 Å². The molecule has 1 aliphatic rings. The second-order valence-electron chi connectivity index (χ2n) is 7.07. The molecule has 5 nitrogen and oxygen atoms in total. The predicted molar refractivity (Wildman–Crippen MR) is 136 cm³/mol. The van der Waals surface area contributed by atoms with E-state index in [1.54, 1.807) is 6.08 Å². The summed E-state index contributed by atoms with van der Waals surface area (Å²) in [7, 11) is 1.27. The Morgan fingerprint density at radius 1 is 1.00 bits per heavy atom. The molecule has 0 spiro atoms. The molecule has 4 rings (SSSR count). The van der Waals surface area contributed by atoms with Crippen LogP contribution in [0.3, 0.4) is 0 Å². The van der Waals surface area contributed by atoms with Crippen LogP contribution in [-0.2, 0) is 9.53 Å². The molecular formula is C28H21NO4S. The average Bonchev–Trinajstić information content (AvgIpc) is 3.17. The van der Waals surface area contributed by atoms with E-state index in [0.717, 1.165) is 11.1 Å². The maximum Gasteiger partial charge on any atom is 0.344 e. The molecule has 1 N–H and O–H groups in total. The lowest BCUT2D eigenvalue weighted by molar-refractivity contribution is -0.135. The lowest BCUT2D eigenvalue weighted by atomic mass is 10.1. The maximum absolute atomic E-state index is 12.4. The van der Waals surface area contributed by atoms with E-state index in [-0.39, 0.29) is 17.9 Å². The quantitative estimate of drug-likeness (QED) is 0.373. The van der Waals surface area contributed by atoms with E-state index in [2.05, 4.69) is 16.8 Å². The highest BCUT2D eigenvalue weighted by molar-refractivity contribution is 8.18. The fraction of sp³-hybridized carbons (Fsp3) is 0.0714. The molecular weight excluding hydrogens is 446 g/mol. The van der Waals surface area contributed by atoms with Gasteiger partial charge in [-0.3, -0.25) is 0 Å². The molecule has 1 heterocycles. The lowest BCUT2D eigenvalue weighted by Crippen LogP contribution is -2.10. The summed E-state index contributed by atoms with van der Waals surface area (Å²) < 4.78 is 10.8. The number of aliphatic imine (C=N–C) groups is 1. The van der Waals surface area contributed by atoms with Gasteiger partial charge >= 0.3 is 5.97 Å². The monoisotopic (exact) mass is 467 g/mol. The fourth-order valence-electron chi connectivity index (χ4n) is 3.16. The van der Waals surface area contributed by atoms with Crippen LogP contribution in [0.2, 0.25) is 0 Å². The zero-order valence-corrected chi connectivity index (χ0v) is 19.2. The molecule has 0 saturated carbocycles. The van der Waals surface area contributed by atoms with E-state index >= 15 is 0 Å². The molecule has 3 aromatic rings. The summed E-state index contributed by atoms with van der Waals surface area (Å²) in [6.45, 7) is 0.207. The largest absolute Gasteiger partial charge is 0.506 e. The molecule has 0 amide bonds. The molecule has 0 saturated heterocycles. The van der Waals surface area contributed by atoms with Gasteiger partial charge in [0.25, 0.3) is 0 Å². The first-order chi connectivity index (χ1) is 16.7. The number of esters is 1. The van der Waals surface area contributed by atoms with Crippen LogP contribution in [0.1, 0.15) is 11.1 Å². The van der Waals surface area contributed by atoms with E-state index in [0.29, 0.717) is 21.4 Å². The lowest BCUT2D eigenvalue weighted by Gasteiger charge is -2.07. The topological polar surface area (TPSA) is 68.1 Å². The standard InChI is InChI=1S/C28H21NO4S/c1-32-28(31)25-26(30)24(34-27(25)29-22-15-6-3-7-16-22)19-21-14-8-9-17-23(21)33-18-10-13-20-11-4-2-5-12-20/h2-9,11-12,14-17,19,30H,18H2,1H3/b24-19-,29-27?. The Morgan fingerprint density at radius 2 is 1.68 bits per heavy atom. The smallest absolute Gasteiger partial charge is 0.344 e. The van der Waals surface area contributed by atoms with Gasteiger partial charge in [-0.1, -0.05) is 78.2 Å². The highest BCUT2D eigenvalue weighted by Crippen LogP contribution is 2.41. The van der Waals surface area contributed by atoms with Gasteiger partial charge in [-0.2, -0.15) is 0 Å². The van der Waals surface area contributed by atoms with Gasteiger partial charge in [0.05, 0.1) is 17.7 Å². The SMILES string of the molecule is COC(=O)C1=C(O)/C(=C/c2ccccc2OCC#Cc2ccccc2)SC1=Nc1ccccc1. The number of nitrogens with zero attached hydrogens (tertiary/aromatic N) is 1. The summed E-state index contributed by atoms with van der Waals surface area (Å²) in [6, 6.07) is 26.3. The summed E-state index contributed by atoms with van der Waals surface area (Å²) >= 11 is 1.20. The van der Waals surface area contributed by atoms with Gasteiger partial charge in [0.2, 0.25) is 0 Å². The third-order valence-electron chi connectivity index (χ3n) is 4.78. The summed E-state index contributed by atoms with van der Waals surface area (Å²) in [5.41, 5.74) is 2.36. The minimum absolute atomic E-state index is 0.0368. The highest BCUT2D eigenvalue weighted by Gasteiger charge is 2.33. The van der Waals surface area contributed by atoms with E-state index in [1.165, 1.54) is 18.9 Å². The number of rotatable bonds is 5. The number of thioether (sulfide) groups is 1. The zero-order valence-electron chi connectivity index (χ0n) is 18.4. The second-order valence-corrected chi connectivity index (χ2v) is 8.10. The van der Waals surface area contributed by atoms with Crippen LogP contribution in [0.25, 0.3) is 6.08 Å². The normalized spacial score (nSPS) is 15.2. The highest BCUT2D eigenvalue weighted by atomic mass is 32.2. The molecule has 34 heavy (non-hydrogen) atoms. The molecule has 0 bridgehead atoms. The molecule has 0 aromatic heterocycles. The van der Waals surface area contributed by atoms with Crippen molar-refractivity contribution >= 4 is 34.5 Å². The van der Waals surface area contributed by atoms with Gasteiger partial charge in [-0.15, -0.1) is 0 Å². The van der Waals surface area contributed by atoms with Crippen molar-refractivity contribution in [1.82, 2.24) is 0 Å².